The van der Waals surface area contributed by atoms with Crippen LogP contribution in [0.3, 0.4) is 0 Å². The summed E-state index contributed by atoms with van der Waals surface area (Å²) in [5.74, 6) is 0. The van der Waals surface area contributed by atoms with Crippen LogP contribution in [0.25, 0.3) is 0 Å². The molecule has 0 unspecified atom stereocenters. The van der Waals surface area contributed by atoms with Gasteiger partial charge < -0.3 is 26.6 Å². The van der Waals surface area contributed by atoms with Crippen molar-refractivity contribution >= 4 is 0 Å². The second-order valence-electron chi connectivity index (χ2n) is 3.11. The van der Waals surface area contributed by atoms with Crippen LogP contribution in [0.4, 0.5) is 0 Å². The van der Waals surface area contributed by atoms with Crippen molar-refractivity contribution < 1.29 is 20.4 Å². The van der Waals surface area contributed by atoms with Crippen LogP contribution in [-0.4, -0.2) is 70.9 Å². The van der Waals surface area contributed by atoms with Crippen molar-refractivity contribution in [2.45, 2.75) is 20.0 Å². The Bertz CT molecular complexity index is 87.1. The van der Waals surface area contributed by atoms with Crippen LogP contribution in [0.5, 0.6) is 0 Å². The molecule has 0 bridgehead atoms. The summed E-state index contributed by atoms with van der Waals surface area (Å²) in [5.41, 5.74) is 0. The zero-order chi connectivity index (χ0) is 11.4. The van der Waals surface area contributed by atoms with Crippen molar-refractivity contribution in [3.63, 3.8) is 0 Å². The lowest BCUT2D eigenvalue weighted by Crippen LogP contribution is -2.32. The second kappa shape index (κ2) is 16.2. The average molecular weight is 226 g/mol. The second-order valence-corrected chi connectivity index (χ2v) is 3.11. The standard InChI is InChI=1S/C6H15NO3.C3H8O.H3N/c8-4-1-7(2-5-9)3-6-10;1-3(2)4;/h8-10H,1-6H2;3-4H,1-2H3;1H3. The predicted octanol–water partition coefficient (Wildman–Crippen LogP) is -1.19. The van der Waals surface area contributed by atoms with Gasteiger partial charge in [0.1, 0.15) is 0 Å². The first-order valence-electron chi connectivity index (χ1n) is 4.81. The van der Waals surface area contributed by atoms with Gasteiger partial charge >= 0.3 is 0 Å². The summed E-state index contributed by atoms with van der Waals surface area (Å²) in [6, 6.07) is 0. The Hall–Kier alpha value is -0.240. The Morgan fingerprint density at radius 2 is 1.07 bits per heavy atom. The van der Waals surface area contributed by atoms with E-state index in [9.17, 15) is 0 Å². The minimum Gasteiger partial charge on any atom is -0.395 e. The van der Waals surface area contributed by atoms with Crippen LogP contribution in [-0.2, 0) is 0 Å². The average Bonchev–Trinajstić information content (AvgIpc) is 2.04. The molecule has 0 amide bonds. The number of hydrogen-bond acceptors (Lipinski definition) is 6. The molecule has 15 heavy (non-hydrogen) atoms. The van der Waals surface area contributed by atoms with E-state index in [0.717, 1.165) is 0 Å². The first-order chi connectivity index (χ1) is 6.58. The quantitative estimate of drug-likeness (QED) is 0.389. The molecule has 6 heteroatoms. The minimum atomic E-state index is -0.167. The Kier molecular flexibility index (Phi) is 21.8. The van der Waals surface area contributed by atoms with Crippen LogP contribution in [0.1, 0.15) is 13.8 Å². The number of hydrogen-bond donors (Lipinski definition) is 5. The van der Waals surface area contributed by atoms with Gasteiger partial charge in [0.15, 0.2) is 0 Å². The molecule has 0 saturated heterocycles. The molecule has 0 radical (unpaired) electrons. The van der Waals surface area contributed by atoms with Crippen molar-refractivity contribution in [1.82, 2.24) is 11.1 Å². The van der Waals surface area contributed by atoms with E-state index in [4.69, 9.17) is 20.4 Å². The van der Waals surface area contributed by atoms with Gasteiger partial charge in [0, 0.05) is 25.7 Å². The van der Waals surface area contributed by atoms with Crippen LogP contribution >= 0.6 is 0 Å². The van der Waals surface area contributed by atoms with Gasteiger partial charge in [0.05, 0.1) is 19.8 Å². The Morgan fingerprint density at radius 3 is 1.20 bits per heavy atom. The van der Waals surface area contributed by atoms with Gasteiger partial charge in [-0.05, 0) is 13.8 Å². The van der Waals surface area contributed by atoms with Crippen LogP contribution < -0.4 is 6.15 Å². The van der Waals surface area contributed by atoms with E-state index < -0.39 is 0 Å². The molecule has 0 aliphatic heterocycles. The fourth-order valence-corrected chi connectivity index (χ4v) is 0.760. The molecule has 6 nitrogen and oxygen atoms in total. The summed E-state index contributed by atoms with van der Waals surface area (Å²) in [4.78, 5) is 1.79. The zero-order valence-corrected chi connectivity index (χ0v) is 9.76. The van der Waals surface area contributed by atoms with Crippen molar-refractivity contribution in [2.24, 2.45) is 0 Å². The van der Waals surface area contributed by atoms with Gasteiger partial charge in [-0.15, -0.1) is 0 Å². The summed E-state index contributed by atoms with van der Waals surface area (Å²) in [5, 5.41) is 33.5. The molecule has 0 aromatic heterocycles. The van der Waals surface area contributed by atoms with Gasteiger partial charge in [-0.1, -0.05) is 0 Å². The van der Waals surface area contributed by atoms with Crippen molar-refractivity contribution in [2.75, 3.05) is 39.5 Å². The van der Waals surface area contributed by atoms with Crippen LogP contribution in [0, 0.1) is 0 Å². The van der Waals surface area contributed by atoms with Crippen LogP contribution in [0.2, 0.25) is 0 Å². The summed E-state index contributed by atoms with van der Waals surface area (Å²) in [6.45, 7) is 5.20. The predicted molar refractivity (Wildman–Crippen MR) is 60.1 cm³/mol. The van der Waals surface area contributed by atoms with Gasteiger partial charge in [0.2, 0.25) is 0 Å². The highest BCUT2D eigenvalue weighted by Gasteiger charge is 2.00. The third kappa shape index (κ3) is 24.8. The Labute approximate surface area is 91.7 Å². The van der Waals surface area contributed by atoms with Crippen molar-refractivity contribution in [3.05, 3.63) is 0 Å². The highest BCUT2D eigenvalue weighted by atomic mass is 16.3. The topological polar surface area (TPSA) is 119 Å². The SMILES string of the molecule is CC(C)O.N.OCCN(CCO)CCO. The molecule has 0 aliphatic carbocycles. The molecule has 0 rings (SSSR count). The summed E-state index contributed by atoms with van der Waals surface area (Å²) in [7, 11) is 0. The number of aliphatic hydroxyl groups excluding tert-OH is 4. The summed E-state index contributed by atoms with van der Waals surface area (Å²) >= 11 is 0. The van der Waals surface area contributed by atoms with E-state index in [1.54, 1.807) is 18.7 Å². The smallest absolute Gasteiger partial charge is 0.0558 e. The third-order valence-electron chi connectivity index (χ3n) is 1.25. The molecule has 0 aliphatic rings. The van der Waals surface area contributed by atoms with E-state index in [-0.39, 0.29) is 32.1 Å². The largest absolute Gasteiger partial charge is 0.395 e. The molecule has 96 valence electrons. The van der Waals surface area contributed by atoms with E-state index in [0.29, 0.717) is 19.6 Å². The van der Waals surface area contributed by atoms with E-state index in [1.807, 2.05) is 0 Å². The number of rotatable bonds is 6. The fraction of sp³-hybridized carbons (Fsp3) is 1.00. The normalized spacial score (nSPS) is 9.60. The fourth-order valence-electron chi connectivity index (χ4n) is 0.760. The summed E-state index contributed by atoms with van der Waals surface area (Å²) in [6.07, 6.45) is -0.167. The molecule has 0 aromatic carbocycles. The molecular formula is C9H26N2O4. The first kappa shape index (κ1) is 20.2. The molecule has 7 N–H and O–H groups in total. The molecule has 0 fully saturated rings. The van der Waals surface area contributed by atoms with Crippen molar-refractivity contribution in [1.29, 1.82) is 0 Å². The highest BCUT2D eigenvalue weighted by Crippen LogP contribution is 1.84. The first-order valence-corrected chi connectivity index (χ1v) is 4.81. The lowest BCUT2D eigenvalue weighted by Gasteiger charge is -2.17. The maximum Gasteiger partial charge on any atom is 0.0558 e. The van der Waals surface area contributed by atoms with Gasteiger partial charge in [0.25, 0.3) is 0 Å². The van der Waals surface area contributed by atoms with E-state index in [1.165, 1.54) is 0 Å². The minimum absolute atomic E-state index is 0. The lowest BCUT2D eigenvalue weighted by molar-refractivity contribution is 0.136. The summed E-state index contributed by atoms with van der Waals surface area (Å²) < 4.78 is 0. The zero-order valence-electron chi connectivity index (χ0n) is 9.76. The van der Waals surface area contributed by atoms with Gasteiger partial charge in [-0.2, -0.15) is 0 Å². The van der Waals surface area contributed by atoms with Gasteiger partial charge in [-0.3, -0.25) is 4.90 Å². The third-order valence-corrected chi connectivity index (χ3v) is 1.25. The Morgan fingerprint density at radius 1 is 0.867 bits per heavy atom. The molecule has 0 heterocycles. The highest BCUT2D eigenvalue weighted by molar-refractivity contribution is 4.54. The maximum absolute atomic E-state index is 8.48. The van der Waals surface area contributed by atoms with Crippen molar-refractivity contribution in [3.8, 4) is 0 Å². The molecule has 0 atom stereocenters. The number of nitrogens with zero attached hydrogens (tertiary/aromatic N) is 1. The monoisotopic (exact) mass is 226 g/mol. The van der Waals surface area contributed by atoms with E-state index >= 15 is 0 Å². The van der Waals surface area contributed by atoms with Gasteiger partial charge in [-0.25, -0.2) is 0 Å². The lowest BCUT2D eigenvalue weighted by atomic mass is 10.4. The van der Waals surface area contributed by atoms with E-state index in [2.05, 4.69) is 0 Å². The molecule has 0 saturated carbocycles. The Balaban J connectivity index is -0.000000249. The molecular weight excluding hydrogens is 200 g/mol. The maximum atomic E-state index is 8.48. The molecule has 0 spiro atoms. The van der Waals surface area contributed by atoms with Crippen LogP contribution in [0.15, 0.2) is 0 Å². The number of aliphatic hydroxyl groups is 4. The molecule has 0 aromatic rings.